The second kappa shape index (κ2) is 8.98. The highest BCUT2D eigenvalue weighted by atomic mass is 16.5. The standard InChI is InChI=1S/C21H27N3O5/c1-5-29-19-13-18(25)20(21(26)23-8-6-14(2)7-9-23)22-24(19)15-10-16(27-3)12-17(11-15)28-4/h10-14H,5-9H2,1-4H3. The van der Waals surface area contributed by atoms with E-state index >= 15 is 0 Å². The summed E-state index contributed by atoms with van der Waals surface area (Å²) in [4.78, 5) is 27.3. The number of hydrogen-bond acceptors (Lipinski definition) is 6. The highest BCUT2D eigenvalue weighted by Crippen LogP contribution is 2.27. The zero-order valence-electron chi connectivity index (χ0n) is 17.3. The molecule has 3 rings (SSSR count). The summed E-state index contributed by atoms with van der Waals surface area (Å²) in [7, 11) is 3.10. The molecule has 1 aromatic heterocycles. The van der Waals surface area contributed by atoms with E-state index in [1.807, 2.05) is 6.92 Å². The van der Waals surface area contributed by atoms with Crippen LogP contribution in [0.15, 0.2) is 29.1 Å². The van der Waals surface area contributed by atoms with Crippen molar-refractivity contribution in [3.63, 3.8) is 0 Å². The summed E-state index contributed by atoms with van der Waals surface area (Å²) in [6.07, 6.45) is 1.84. The largest absolute Gasteiger partial charge is 0.497 e. The molecule has 2 aromatic rings. The van der Waals surface area contributed by atoms with Crippen LogP contribution in [-0.4, -0.2) is 54.5 Å². The van der Waals surface area contributed by atoms with Crippen molar-refractivity contribution >= 4 is 5.91 Å². The van der Waals surface area contributed by atoms with Crippen LogP contribution in [0.4, 0.5) is 0 Å². The average molecular weight is 401 g/mol. The minimum Gasteiger partial charge on any atom is -0.497 e. The molecule has 1 saturated heterocycles. The van der Waals surface area contributed by atoms with Gasteiger partial charge in [-0.3, -0.25) is 9.59 Å². The number of likely N-dealkylation sites (tertiary alicyclic amines) is 1. The number of aromatic nitrogens is 2. The number of methoxy groups -OCH3 is 2. The van der Waals surface area contributed by atoms with Crippen LogP contribution in [-0.2, 0) is 0 Å². The molecule has 1 aliphatic rings. The predicted octanol–water partition coefficient (Wildman–Crippen LogP) is 2.52. The van der Waals surface area contributed by atoms with Gasteiger partial charge in [0, 0.05) is 31.3 Å². The van der Waals surface area contributed by atoms with Gasteiger partial charge in [-0.1, -0.05) is 6.92 Å². The fraction of sp³-hybridized carbons (Fsp3) is 0.476. The van der Waals surface area contributed by atoms with E-state index in [1.165, 1.54) is 10.7 Å². The second-order valence-electron chi connectivity index (χ2n) is 7.09. The van der Waals surface area contributed by atoms with Gasteiger partial charge in [0.2, 0.25) is 11.3 Å². The summed E-state index contributed by atoms with van der Waals surface area (Å²) in [5.41, 5.74) is -0.0149. The molecule has 0 aliphatic carbocycles. The Balaban J connectivity index is 2.07. The number of carbonyl (C=O) groups excluding carboxylic acids is 1. The molecule has 1 aromatic carbocycles. The number of rotatable bonds is 6. The van der Waals surface area contributed by atoms with Crippen molar-refractivity contribution in [2.75, 3.05) is 33.9 Å². The fourth-order valence-corrected chi connectivity index (χ4v) is 3.30. The van der Waals surface area contributed by atoms with Crippen LogP contribution in [0.25, 0.3) is 5.69 Å². The number of benzene rings is 1. The van der Waals surface area contributed by atoms with Crippen molar-refractivity contribution in [1.82, 2.24) is 14.7 Å². The summed E-state index contributed by atoms with van der Waals surface area (Å²) in [5, 5.41) is 4.38. The quantitative estimate of drug-likeness (QED) is 0.740. The lowest BCUT2D eigenvalue weighted by Gasteiger charge is -2.30. The average Bonchev–Trinajstić information content (AvgIpc) is 2.73. The molecule has 2 heterocycles. The minimum absolute atomic E-state index is 0.121. The Morgan fingerprint density at radius 2 is 1.72 bits per heavy atom. The van der Waals surface area contributed by atoms with Gasteiger partial charge in [0.05, 0.1) is 32.6 Å². The van der Waals surface area contributed by atoms with E-state index in [4.69, 9.17) is 14.2 Å². The molecule has 156 valence electrons. The molecular formula is C21H27N3O5. The predicted molar refractivity (Wildman–Crippen MR) is 108 cm³/mol. The van der Waals surface area contributed by atoms with Gasteiger partial charge in [-0.05, 0) is 25.7 Å². The number of ether oxygens (including phenoxy) is 3. The van der Waals surface area contributed by atoms with E-state index in [-0.39, 0.29) is 17.5 Å². The molecular weight excluding hydrogens is 374 g/mol. The third-order valence-electron chi connectivity index (χ3n) is 5.04. The summed E-state index contributed by atoms with van der Waals surface area (Å²) in [6.45, 7) is 5.58. The Bertz CT molecular complexity index is 910. The summed E-state index contributed by atoms with van der Waals surface area (Å²) in [6, 6.07) is 6.51. The Labute approximate surface area is 170 Å². The lowest BCUT2D eigenvalue weighted by molar-refractivity contribution is 0.0687. The van der Waals surface area contributed by atoms with Gasteiger partial charge in [-0.2, -0.15) is 9.78 Å². The number of nitrogens with zero attached hydrogens (tertiary/aromatic N) is 3. The van der Waals surface area contributed by atoms with E-state index in [0.717, 1.165) is 12.8 Å². The maximum absolute atomic E-state index is 13.0. The Morgan fingerprint density at radius 1 is 1.10 bits per heavy atom. The molecule has 0 spiro atoms. The van der Waals surface area contributed by atoms with Crippen molar-refractivity contribution < 1.29 is 19.0 Å². The van der Waals surface area contributed by atoms with Crippen molar-refractivity contribution in [3.05, 3.63) is 40.2 Å². The van der Waals surface area contributed by atoms with Crippen LogP contribution >= 0.6 is 0 Å². The number of hydrogen-bond donors (Lipinski definition) is 0. The van der Waals surface area contributed by atoms with Gasteiger partial charge < -0.3 is 19.1 Å². The van der Waals surface area contributed by atoms with E-state index in [1.54, 1.807) is 37.3 Å². The lowest BCUT2D eigenvalue weighted by Crippen LogP contribution is -2.41. The third-order valence-corrected chi connectivity index (χ3v) is 5.04. The van der Waals surface area contributed by atoms with Gasteiger partial charge in [0.1, 0.15) is 11.5 Å². The third kappa shape index (κ3) is 4.52. The van der Waals surface area contributed by atoms with Gasteiger partial charge in [-0.15, -0.1) is 0 Å². The molecule has 29 heavy (non-hydrogen) atoms. The molecule has 0 bridgehead atoms. The Morgan fingerprint density at radius 3 is 2.28 bits per heavy atom. The van der Waals surface area contributed by atoms with E-state index < -0.39 is 5.43 Å². The molecule has 0 radical (unpaired) electrons. The summed E-state index contributed by atoms with van der Waals surface area (Å²) >= 11 is 0. The van der Waals surface area contributed by atoms with Gasteiger partial charge in [-0.25, -0.2) is 0 Å². The van der Waals surface area contributed by atoms with E-state index in [9.17, 15) is 9.59 Å². The molecule has 0 atom stereocenters. The maximum Gasteiger partial charge on any atom is 0.278 e. The number of amides is 1. The number of carbonyl (C=O) groups is 1. The van der Waals surface area contributed by atoms with E-state index in [2.05, 4.69) is 12.0 Å². The molecule has 0 saturated carbocycles. The first-order valence-corrected chi connectivity index (χ1v) is 9.76. The molecule has 1 aliphatic heterocycles. The zero-order valence-corrected chi connectivity index (χ0v) is 17.3. The molecule has 8 nitrogen and oxygen atoms in total. The highest BCUT2D eigenvalue weighted by Gasteiger charge is 2.26. The van der Waals surface area contributed by atoms with Crippen LogP contribution in [0.3, 0.4) is 0 Å². The Hall–Kier alpha value is -3.03. The van der Waals surface area contributed by atoms with Crippen LogP contribution in [0.5, 0.6) is 17.4 Å². The first-order valence-electron chi connectivity index (χ1n) is 9.76. The smallest absolute Gasteiger partial charge is 0.278 e. The fourth-order valence-electron chi connectivity index (χ4n) is 3.30. The zero-order chi connectivity index (χ0) is 21.0. The van der Waals surface area contributed by atoms with Gasteiger partial charge in [0.25, 0.3) is 5.91 Å². The van der Waals surface area contributed by atoms with Gasteiger partial charge >= 0.3 is 0 Å². The SMILES string of the molecule is CCOc1cc(=O)c(C(=O)N2CCC(C)CC2)nn1-c1cc(OC)cc(OC)c1. The molecule has 0 unspecified atom stereocenters. The number of piperidine rings is 1. The summed E-state index contributed by atoms with van der Waals surface area (Å²) in [5.74, 6) is 1.58. The topological polar surface area (TPSA) is 82.9 Å². The molecule has 1 amide bonds. The van der Waals surface area contributed by atoms with E-state index in [0.29, 0.717) is 42.8 Å². The monoisotopic (exact) mass is 401 g/mol. The van der Waals surface area contributed by atoms with Crippen molar-refractivity contribution in [1.29, 1.82) is 0 Å². The maximum atomic E-state index is 13.0. The lowest BCUT2D eigenvalue weighted by atomic mass is 9.99. The highest BCUT2D eigenvalue weighted by molar-refractivity contribution is 5.92. The van der Waals surface area contributed by atoms with Crippen molar-refractivity contribution in [2.24, 2.45) is 5.92 Å². The first kappa shape index (κ1) is 20.7. The van der Waals surface area contributed by atoms with Crippen LogP contribution < -0.4 is 19.6 Å². The molecule has 1 fully saturated rings. The summed E-state index contributed by atoms with van der Waals surface area (Å²) < 4.78 is 17.7. The van der Waals surface area contributed by atoms with Gasteiger partial charge in [0.15, 0.2) is 5.69 Å². The normalized spacial score (nSPS) is 14.6. The minimum atomic E-state index is -0.455. The Kier molecular flexibility index (Phi) is 6.41. The first-order chi connectivity index (χ1) is 14.0. The van der Waals surface area contributed by atoms with Crippen LogP contribution in [0.1, 0.15) is 37.2 Å². The van der Waals surface area contributed by atoms with Crippen molar-refractivity contribution in [3.8, 4) is 23.1 Å². The molecule has 8 heteroatoms. The molecule has 0 N–H and O–H groups in total. The second-order valence-corrected chi connectivity index (χ2v) is 7.09. The van der Waals surface area contributed by atoms with Crippen LogP contribution in [0.2, 0.25) is 0 Å². The van der Waals surface area contributed by atoms with Crippen molar-refractivity contribution in [2.45, 2.75) is 26.7 Å². The van der Waals surface area contributed by atoms with Crippen LogP contribution in [0, 0.1) is 5.92 Å².